The van der Waals surface area contributed by atoms with E-state index in [9.17, 15) is 13.2 Å². The van der Waals surface area contributed by atoms with Crippen LogP contribution in [0.25, 0.3) is 0 Å². The van der Waals surface area contributed by atoms with E-state index in [1.165, 1.54) is 24.3 Å². The number of likely N-dealkylation sites (tertiary alicyclic amines) is 1. The van der Waals surface area contributed by atoms with Crippen LogP contribution in [0.4, 0.5) is 0 Å². The Labute approximate surface area is 173 Å². The van der Waals surface area contributed by atoms with Gasteiger partial charge in [0, 0.05) is 29.5 Å². The molecule has 1 N–H and O–H groups in total. The molecular formula is C20H20BrN3O3S. The van der Waals surface area contributed by atoms with E-state index in [1.807, 2.05) is 35.2 Å². The standard InChI is InChI=1S/C20H20BrN3O3S/c21-17-5-1-4-16(14-17)19-6-2-13-24(19)20(25)15-7-9-18(10-8-15)28(26,27)23-12-3-11-22/h1,4-5,7-10,14,19,23H,2-3,6,12-13H2. The van der Waals surface area contributed by atoms with E-state index < -0.39 is 10.0 Å². The summed E-state index contributed by atoms with van der Waals surface area (Å²) in [5, 5.41) is 8.52. The van der Waals surface area contributed by atoms with Gasteiger partial charge in [0.05, 0.1) is 17.0 Å². The molecule has 1 atom stereocenters. The summed E-state index contributed by atoms with van der Waals surface area (Å²) in [4.78, 5) is 14.9. The smallest absolute Gasteiger partial charge is 0.254 e. The zero-order valence-corrected chi connectivity index (χ0v) is 17.5. The van der Waals surface area contributed by atoms with Gasteiger partial charge in [-0.05, 0) is 54.8 Å². The van der Waals surface area contributed by atoms with E-state index in [0.29, 0.717) is 12.1 Å². The van der Waals surface area contributed by atoms with Crippen LogP contribution < -0.4 is 4.72 Å². The third kappa shape index (κ3) is 4.61. The molecule has 0 aromatic heterocycles. The van der Waals surface area contributed by atoms with Crippen LogP contribution in [0.5, 0.6) is 0 Å². The molecule has 1 amide bonds. The molecule has 8 heteroatoms. The van der Waals surface area contributed by atoms with Crippen molar-refractivity contribution < 1.29 is 13.2 Å². The van der Waals surface area contributed by atoms with Gasteiger partial charge in [-0.3, -0.25) is 4.79 Å². The number of sulfonamides is 1. The largest absolute Gasteiger partial charge is 0.332 e. The maximum Gasteiger partial charge on any atom is 0.254 e. The summed E-state index contributed by atoms with van der Waals surface area (Å²) in [6.07, 6.45) is 1.93. The first-order chi connectivity index (χ1) is 13.4. The van der Waals surface area contributed by atoms with Gasteiger partial charge in [-0.1, -0.05) is 28.1 Å². The Kier molecular flexibility index (Phi) is 6.50. The van der Waals surface area contributed by atoms with Crippen molar-refractivity contribution in [2.75, 3.05) is 13.1 Å². The van der Waals surface area contributed by atoms with Gasteiger partial charge in [0.1, 0.15) is 0 Å². The lowest BCUT2D eigenvalue weighted by Crippen LogP contribution is -2.30. The molecule has 0 spiro atoms. The van der Waals surface area contributed by atoms with Crippen LogP contribution in [0.3, 0.4) is 0 Å². The second kappa shape index (κ2) is 8.86. The average Bonchev–Trinajstić information content (AvgIpc) is 3.17. The van der Waals surface area contributed by atoms with Crippen LogP contribution in [-0.2, 0) is 10.0 Å². The van der Waals surface area contributed by atoms with Crippen molar-refractivity contribution in [3.8, 4) is 6.07 Å². The number of carbonyl (C=O) groups is 1. The van der Waals surface area contributed by atoms with Gasteiger partial charge in [-0.2, -0.15) is 5.26 Å². The summed E-state index contributed by atoms with van der Waals surface area (Å²) in [6.45, 7) is 0.730. The molecule has 28 heavy (non-hydrogen) atoms. The highest BCUT2D eigenvalue weighted by Crippen LogP contribution is 2.34. The Bertz CT molecular complexity index is 1000. The quantitative estimate of drug-likeness (QED) is 0.664. The molecule has 1 fully saturated rings. The number of nitrogens with zero attached hydrogens (tertiary/aromatic N) is 2. The number of halogens is 1. The fraction of sp³-hybridized carbons (Fsp3) is 0.300. The number of carbonyl (C=O) groups excluding carboxylic acids is 1. The van der Waals surface area contributed by atoms with E-state index >= 15 is 0 Å². The molecule has 2 aromatic carbocycles. The molecule has 1 saturated heterocycles. The SMILES string of the molecule is N#CCCNS(=O)(=O)c1ccc(C(=O)N2CCCC2c2cccc(Br)c2)cc1. The zero-order chi connectivity index (χ0) is 20.1. The number of rotatable bonds is 6. The summed E-state index contributed by atoms with van der Waals surface area (Å²) in [5.74, 6) is -0.108. The van der Waals surface area contributed by atoms with Crippen LogP contribution >= 0.6 is 15.9 Å². The fourth-order valence-corrected chi connectivity index (χ4v) is 4.79. The van der Waals surface area contributed by atoms with Gasteiger partial charge in [0.15, 0.2) is 0 Å². The van der Waals surface area contributed by atoms with Crippen molar-refractivity contribution in [3.05, 3.63) is 64.1 Å². The number of hydrogen-bond donors (Lipinski definition) is 1. The average molecular weight is 462 g/mol. The van der Waals surface area contributed by atoms with Crippen molar-refractivity contribution in [1.29, 1.82) is 5.26 Å². The first-order valence-corrected chi connectivity index (χ1v) is 11.2. The highest BCUT2D eigenvalue weighted by molar-refractivity contribution is 9.10. The maximum absolute atomic E-state index is 13.0. The van der Waals surface area contributed by atoms with Gasteiger partial charge in [-0.15, -0.1) is 0 Å². The Hall–Kier alpha value is -2.21. The normalized spacial score (nSPS) is 16.7. The molecule has 6 nitrogen and oxygen atoms in total. The first-order valence-electron chi connectivity index (χ1n) is 8.95. The van der Waals surface area contributed by atoms with Crippen molar-refractivity contribution in [3.63, 3.8) is 0 Å². The van der Waals surface area contributed by atoms with Gasteiger partial charge >= 0.3 is 0 Å². The van der Waals surface area contributed by atoms with E-state index in [0.717, 1.165) is 22.9 Å². The molecule has 1 unspecified atom stereocenters. The van der Waals surface area contributed by atoms with Crippen molar-refractivity contribution in [1.82, 2.24) is 9.62 Å². The lowest BCUT2D eigenvalue weighted by Gasteiger charge is -2.25. The van der Waals surface area contributed by atoms with Gasteiger partial charge in [0.25, 0.3) is 5.91 Å². The second-order valence-corrected chi connectivity index (χ2v) is 9.22. The Morgan fingerprint density at radius 1 is 1.25 bits per heavy atom. The number of amides is 1. The lowest BCUT2D eigenvalue weighted by molar-refractivity contribution is 0.0735. The molecule has 146 valence electrons. The van der Waals surface area contributed by atoms with Crippen LogP contribution in [0.2, 0.25) is 0 Å². The third-order valence-electron chi connectivity index (χ3n) is 4.69. The van der Waals surface area contributed by atoms with Crippen molar-refractivity contribution in [2.45, 2.75) is 30.2 Å². The van der Waals surface area contributed by atoms with Crippen molar-refractivity contribution >= 4 is 31.9 Å². The van der Waals surface area contributed by atoms with Crippen LogP contribution in [0.15, 0.2) is 57.9 Å². The first kappa shape index (κ1) is 20.5. The van der Waals surface area contributed by atoms with Crippen molar-refractivity contribution in [2.24, 2.45) is 0 Å². The Morgan fingerprint density at radius 2 is 2.00 bits per heavy atom. The van der Waals surface area contributed by atoms with E-state index in [2.05, 4.69) is 20.7 Å². The lowest BCUT2D eigenvalue weighted by atomic mass is 10.0. The summed E-state index contributed by atoms with van der Waals surface area (Å²) < 4.78 is 27.7. The van der Waals surface area contributed by atoms with Gasteiger partial charge < -0.3 is 4.90 Å². The third-order valence-corrected chi connectivity index (χ3v) is 6.66. The summed E-state index contributed by atoms with van der Waals surface area (Å²) in [6, 6.07) is 15.8. The molecule has 2 aromatic rings. The van der Waals surface area contributed by atoms with Crippen LogP contribution in [-0.4, -0.2) is 32.3 Å². The highest BCUT2D eigenvalue weighted by Gasteiger charge is 2.30. The van der Waals surface area contributed by atoms with E-state index in [4.69, 9.17) is 5.26 Å². The molecule has 0 saturated carbocycles. The van der Waals surface area contributed by atoms with Crippen LogP contribution in [0, 0.1) is 11.3 Å². The number of benzene rings is 2. The second-order valence-electron chi connectivity index (χ2n) is 6.54. The number of nitrogens with one attached hydrogen (secondary N) is 1. The van der Waals surface area contributed by atoms with Gasteiger partial charge in [0.2, 0.25) is 10.0 Å². The minimum Gasteiger partial charge on any atom is -0.332 e. The minimum atomic E-state index is -3.68. The summed E-state index contributed by atoms with van der Waals surface area (Å²) >= 11 is 3.48. The number of hydrogen-bond acceptors (Lipinski definition) is 4. The topological polar surface area (TPSA) is 90.3 Å². The van der Waals surface area contributed by atoms with E-state index in [-0.39, 0.29) is 29.8 Å². The molecule has 1 aliphatic heterocycles. The predicted octanol–water partition coefficient (Wildman–Crippen LogP) is 3.62. The molecule has 1 heterocycles. The zero-order valence-electron chi connectivity index (χ0n) is 15.1. The number of nitriles is 1. The molecule has 0 radical (unpaired) electrons. The Balaban J connectivity index is 1.76. The molecule has 0 aliphatic carbocycles. The highest BCUT2D eigenvalue weighted by atomic mass is 79.9. The summed E-state index contributed by atoms with van der Waals surface area (Å²) in [7, 11) is -3.68. The van der Waals surface area contributed by atoms with E-state index in [1.54, 1.807) is 0 Å². The monoisotopic (exact) mass is 461 g/mol. The molecular weight excluding hydrogens is 442 g/mol. The maximum atomic E-state index is 13.0. The molecule has 0 bridgehead atoms. The fourth-order valence-electron chi connectivity index (χ4n) is 3.34. The summed E-state index contributed by atoms with van der Waals surface area (Å²) in [5.41, 5.74) is 1.54. The van der Waals surface area contributed by atoms with Gasteiger partial charge in [-0.25, -0.2) is 13.1 Å². The van der Waals surface area contributed by atoms with Crippen LogP contribution in [0.1, 0.15) is 41.2 Å². The predicted molar refractivity (Wildman–Crippen MR) is 109 cm³/mol. The minimum absolute atomic E-state index is 0.0149. The molecule has 3 rings (SSSR count). The molecule has 1 aliphatic rings. The Morgan fingerprint density at radius 3 is 2.68 bits per heavy atom.